The molecule has 1 aromatic carbocycles. The van der Waals surface area contributed by atoms with Gasteiger partial charge in [0.1, 0.15) is 12.1 Å². The first-order valence-electron chi connectivity index (χ1n) is 6.91. The van der Waals surface area contributed by atoms with Gasteiger partial charge in [0.2, 0.25) is 0 Å². The zero-order chi connectivity index (χ0) is 13.9. The van der Waals surface area contributed by atoms with Crippen molar-refractivity contribution in [1.82, 2.24) is 14.5 Å². The molecule has 0 aliphatic heterocycles. The van der Waals surface area contributed by atoms with E-state index in [1.165, 1.54) is 5.56 Å². The number of nitrogens with two attached hydrogens (primary N) is 1. The molecule has 1 unspecified atom stereocenters. The van der Waals surface area contributed by atoms with Gasteiger partial charge >= 0.3 is 0 Å². The summed E-state index contributed by atoms with van der Waals surface area (Å²) in [5, 5.41) is 0. The number of benzene rings is 1. The van der Waals surface area contributed by atoms with E-state index >= 15 is 0 Å². The number of rotatable bonds is 4. The van der Waals surface area contributed by atoms with E-state index in [0.29, 0.717) is 0 Å². The lowest BCUT2D eigenvalue weighted by Crippen LogP contribution is -2.21. The average Bonchev–Trinajstić information content (AvgIpc) is 2.92. The van der Waals surface area contributed by atoms with E-state index in [9.17, 15) is 0 Å². The minimum atomic E-state index is 0.205. The number of pyridine rings is 1. The summed E-state index contributed by atoms with van der Waals surface area (Å²) in [5.41, 5.74) is 9.19. The van der Waals surface area contributed by atoms with Crippen molar-refractivity contribution in [2.45, 2.75) is 25.8 Å². The predicted molar refractivity (Wildman–Crippen MR) is 80.8 cm³/mol. The molecule has 102 valence electrons. The number of aromatic nitrogens is 3. The number of imidazole rings is 1. The molecular formula is C16H18N4. The van der Waals surface area contributed by atoms with Gasteiger partial charge in [-0.2, -0.15) is 0 Å². The second-order valence-corrected chi connectivity index (χ2v) is 5.00. The molecule has 20 heavy (non-hydrogen) atoms. The Hall–Kier alpha value is -2.20. The van der Waals surface area contributed by atoms with Crippen molar-refractivity contribution in [2.24, 2.45) is 5.73 Å². The third-order valence-electron chi connectivity index (χ3n) is 3.53. The van der Waals surface area contributed by atoms with E-state index in [-0.39, 0.29) is 6.04 Å². The highest BCUT2D eigenvalue weighted by Crippen LogP contribution is 2.16. The lowest BCUT2D eigenvalue weighted by molar-refractivity contribution is 0.645. The van der Waals surface area contributed by atoms with Gasteiger partial charge in [-0.25, -0.2) is 9.97 Å². The summed E-state index contributed by atoms with van der Waals surface area (Å²) < 4.78 is 2.00. The van der Waals surface area contributed by atoms with Crippen LogP contribution in [-0.4, -0.2) is 20.6 Å². The van der Waals surface area contributed by atoms with Crippen LogP contribution in [0.3, 0.4) is 0 Å². The summed E-state index contributed by atoms with van der Waals surface area (Å²) >= 11 is 0. The molecule has 0 saturated carbocycles. The summed E-state index contributed by atoms with van der Waals surface area (Å²) in [6.45, 7) is 2.10. The van der Waals surface area contributed by atoms with Gasteiger partial charge < -0.3 is 5.73 Å². The first-order valence-corrected chi connectivity index (χ1v) is 6.91. The van der Waals surface area contributed by atoms with Gasteiger partial charge in [0.05, 0.1) is 11.0 Å². The molecule has 0 saturated heterocycles. The quantitative estimate of drug-likeness (QED) is 0.790. The fourth-order valence-corrected chi connectivity index (χ4v) is 2.27. The molecule has 0 fully saturated rings. The summed E-state index contributed by atoms with van der Waals surface area (Å²) in [5.74, 6) is 0.882. The second-order valence-electron chi connectivity index (χ2n) is 5.00. The molecular weight excluding hydrogens is 248 g/mol. The normalized spacial score (nSPS) is 12.7. The number of nitrogens with zero attached hydrogens (tertiary/aromatic N) is 3. The molecule has 2 aromatic heterocycles. The maximum atomic E-state index is 5.97. The first kappa shape index (κ1) is 12.8. The monoisotopic (exact) mass is 266 g/mol. The average molecular weight is 266 g/mol. The van der Waals surface area contributed by atoms with Crippen molar-refractivity contribution in [3.8, 4) is 5.82 Å². The van der Waals surface area contributed by atoms with Crippen LogP contribution in [0.15, 0.2) is 48.9 Å². The van der Waals surface area contributed by atoms with E-state index < -0.39 is 0 Å². The van der Waals surface area contributed by atoms with E-state index in [2.05, 4.69) is 23.0 Å². The van der Waals surface area contributed by atoms with Crippen LogP contribution in [0, 0.1) is 0 Å². The molecule has 4 heteroatoms. The van der Waals surface area contributed by atoms with Gasteiger partial charge in [0.15, 0.2) is 0 Å². The number of hydrogen-bond acceptors (Lipinski definition) is 3. The molecule has 1 atom stereocenters. The molecule has 0 aliphatic rings. The highest BCUT2D eigenvalue weighted by molar-refractivity contribution is 5.76. The SMILES string of the molecule is CCC(N)Cc1ccc(-n2cnc3ccccc32)nc1. The number of fused-ring (bicyclic) bond motifs is 1. The van der Waals surface area contributed by atoms with Crippen LogP contribution in [0.4, 0.5) is 0 Å². The molecule has 0 amide bonds. The second kappa shape index (κ2) is 5.43. The van der Waals surface area contributed by atoms with Gasteiger partial charge in [-0.1, -0.05) is 25.1 Å². The Balaban J connectivity index is 1.91. The van der Waals surface area contributed by atoms with Gasteiger partial charge in [0, 0.05) is 12.2 Å². The first-order chi connectivity index (χ1) is 9.78. The van der Waals surface area contributed by atoms with Crippen LogP contribution in [0.2, 0.25) is 0 Å². The Morgan fingerprint density at radius 2 is 2.00 bits per heavy atom. The van der Waals surface area contributed by atoms with Crippen LogP contribution >= 0.6 is 0 Å². The van der Waals surface area contributed by atoms with Crippen molar-refractivity contribution in [3.63, 3.8) is 0 Å². The van der Waals surface area contributed by atoms with Gasteiger partial charge in [0.25, 0.3) is 0 Å². The fraction of sp³-hybridized carbons (Fsp3) is 0.250. The minimum absolute atomic E-state index is 0.205. The standard InChI is InChI=1S/C16H18N4/c1-2-13(17)9-12-7-8-16(18-10-12)20-11-19-14-5-3-4-6-15(14)20/h3-8,10-11,13H,2,9,17H2,1H3. The Morgan fingerprint density at radius 3 is 2.75 bits per heavy atom. The van der Waals surface area contributed by atoms with Crippen LogP contribution < -0.4 is 5.73 Å². The smallest absolute Gasteiger partial charge is 0.138 e. The van der Waals surface area contributed by atoms with Crippen molar-refractivity contribution in [1.29, 1.82) is 0 Å². The zero-order valence-electron chi connectivity index (χ0n) is 11.5. The Kier molecular flexibility index (Phi) is 3.48. The largest absolute Gasteiger partial charge is 0.327 e. The summed E-state index contributed by atoms with van der Waals surface area (Å²) in [6, 6.07) is 12.4. The molecule has 0 bridgehead atoms. The molecule has 2 N–H and O–H groups in total. The lowest BCUT2D eigenvalue weighted by atomic mass is 10.1. The summed E-state index contributed by atoms with van der Waals surface area (Å²) in [4.78, 5) is 8.91. The number of hydrogen-bond donors (Lipinski definition) is 1. The Labute approximate surface area is 118 Å². The third kappa shape index (κ3) is 2.42. The summed E-state index contributed by atoms with van der Waals surface area (Å²) in [7, 11) is 0. The summed E-state index contributed by atoms with van der Waals surface area (Å²) in [6.07, 6.45) is 5.56. The molecule has 3 rings (SSSR count). The van der Waals surface area contributed by atoms with Crippen LogP contribution in [-0.2, 0) is 6.42 Å². The Bertz CT molecular complexity index is 700. The Morgan fingerprint density at radius 1 is 1.15 bits per heavy atom. The lowest BCUT2D eigenvalue weighted by Gasteiger charge is -2.09. The van der Waals surface area contributed by atoms with E-state index in [0.717, 1.165) is 29.7 Å². The maximum Gasteiger partial charge on any atom is 0.138 e. The maximum absolute atomic E-state index is 5.97. The van der Waals surface area contributed by atoms with E-state index in [1.807, 2.05) is 47.4 Å². The topological polar surface area (TPSA) is 56.7 Å². The minimum Gasteiger partial charge on any atom is -0.327 e. The highest BCUT2D eigenvalue weighted by atomic mass is 15.1. The van der Waals surface area contributed by atoms with Crippen LogP contribution in [0.1, 0.15) is 18.9 Å². The molecule has 0 aliphatic carbocycles. The van der Waals surface area contributed by atoms with Crippen molar-refractivity contribution in [2.75, 3.05) is 0 Å². The van der Waals surface area contributed by atoms with Gasteiger partial charge in [-0.3, -0.25) is 4.57 Å². The molecule has 4 nitrogen and oxygen atoms in total. The third-order valence-corrected chi connectivity index (χ3v) is 3.53. The number of para-hydroxylation sites is 2. The predicted octanol–water partition coefficient (Wildman–Crippen LogP) is 2.70. The molecule has 0 radical (unpaired) electrons. The molecule has 2 heterocycles. The van der Waals surface area contributed by atoms with Crippen molar-refractivity contribution >= 4 is 11.0 Å². The van der Waals surface area contributed by atoms with Crippen LogP contribution in [0.25, 0.3) is 16.9 Å². The molecule has 0 spiro atoms. The fourth-order valence-electron chi connectivity index (χ4n) is 2.27. The van der Waals surface area contributed by atoms with Crippen molar-refractivity contribution < 1.29 is 0 Å². The van der Waals surface area contributed by atoms with E-state index in [4.69, 9.17) is 5.73 Å². The van der Waals surface area contributed by atoms with Crippen molar-refractivity contribution in [3.05, 3.63) is 54.5 Å². The molecule has 3 aromatic rings. The highest BCUT2D eigenvalue weighted by Gasteiger charge is 2.06. The zero-order valence-corrected chi connectivity index (χ0v) is 11.5. The van der Waals surface area contributed by atoms with Gasteiger partial charge in [-0.05, 0) is 36.6 Å². The van der Waals surface area contributed by atoms with Gasteiger partial charge in [-0.15, -0.1) is 0 Å². The van der Waals surface area contributed by atoms with Crippen LogP contribution in [0.5, 0.6) is 0 Å². The van der Waals surface area contributed by atoms with E-state index in [1.54, 1.807) is 0 Å².